The number of furan rings is 1. The Kier molecular flexibility index (Phi) is 6.90. The van der Waals surface area contributed by atoms with Crippen LogP contribution in [0.1, 0.15) is 41.3 Å². The minimum absolute atomic E-state index is 0.0515. The molecule has 0 saturated carbocycles. The summed E-state index contributed by atoms with van der Waals surface area (Å²) >= 11 is 0. The average Bonchev–Trinajstić information content (AvgIpc) is 3.48. The zero-order chi connectivity index (χ0) is 22.3. The number of benzene rings is 2. The normalized spacial score (nSPS) is 11.1. The Labute approximate surface area is 187 Å². The van der Waals surface area contributed by atoms with Gasteiger partial charge in [-0.1, -0.05) is 30.3 Å². The third kappa shape index (κ3) is 4.85. The van der Waals surface area contributed by atoms with Crippen molar-refractivity contribution < 1.29 is 18.7 Å². The summed E-state index contributed by atoms with van der Waals surface area (Å²) in [7, 11) is 0. The van der Waals surface area contributed by atoms with Gasteiger partial charge in [-0.15, -0.1) is 0 Å². The Morgan fingerprint density at radius 1 is 1.06 bits per heavy atom. The molecule has 0 N–H and O–H groups in total. The van der Waals surface area contributed by atoms with Crippen LogP contribution in [0.25, 0.3) is 11.0 Å². The number of ether oxygens (including phenoxy) is 2. The van der Waals surface area contributed by atoms with E-state index < -0.39 is 0 Å². The Hall–Kier alpha value is -3.54. The van der Waals surface area contributed by atoms with Crippen molar-refractivity contribution in [1.29, 1.82) is 0 Å². The molecule has 6 nitrogen and oxygen atoms in total. The number of imidazole rings is 1. The van der Waals surface area contributed by atoms with Gasteiger partial charge in [-0.3, -0.25) is 4.79 Å². The molecule has 0 aliphatic rings. The van der Waals surface area contributed by atoms with E-state index in [9.17, 15) is 4.79 Å². The van der Waals surface area contributed by atoms with Crippen molar-refractivity contribution in [2.75, 3.05) is 13.2 Å². The first-order valence-corrected chi connectivity index (χ1v) is 10.9. The molecule has 0 aliphatic heterocycles. The number of hydrogen-bond acceptors (Lipinski definition) is 5. The number of fused-ring (bicyclic) bond motifs is 1. The van der Waals surface area contributed by atoms with Crippen LogP contribution in [0, 0.1) is 6.92 Å². The van der Waals surface area contributed by atoms with Crippen LogP contribution in [-0.2, 0) is 13.0 Å². The minimum Gasteiger partial charge on any atom is -0.489 e. The van der Waals surface area contributed by atoms with E-state index in [1.165, 1.54) is 5.56 Å². The molecule has 2 heterocycles. The molecule has 0 atom stereocenters. The van der Waals surface area contributed by atoms with Gasteiger partial charge in [-0.05, 0) is 50.3 Å². The zero-order valence-electron chi connectivity index (χ0n) is 18.5. The summed E-state index contributed by atoms with van der Waals surface area (Å²) < 4.78 is 20.1. The van der Waals surface area contributed by atoms with Crippen LogP contribution in [0.3, 0.4) is 0 Å². The molecular weight excluding hydrogens is 404 g/mol. The molecule has 0 spiro atoms. The summed E-state index contributed by atoms with van der Waals surface area (Å²) in [6.07, 6.45) is 9.61. The first-order chi connectivity index (χ1) is 15.6. The molecule has 166 valence electrons. The zero-order valence-corrected chi connectivity index (χ0v) is 18.5. The fraction of sp³-hybridized carbons (Fsp3) is 0.308. The lowest BCUT2D eigenvalue weighted by molar-refractivity contribution is 0.101. The first kappa shape index (κ1) is 21.7. The molecule has 2 aromatic carbocycles. The average molecular weight is 433 g/mol. The number of Topliss-reactive ketones (excluding diaryl/α,β-unsaturated/α-hetero) is 1. The lowest BCUT2D eigenvalue weighted by Crippen LogP contribution is -2.10. The highest BCUT2D eigenvalue weighted by Gasteiger charge is 2.24. The van der Waals surface area contributed by atoms with Crippen LogP contribution >= 0.6 is 0 Å². The number of carbonyl (C=O) groups excluding carboxylic acids is 1. The van der Waals surface area contributed by atoms with Crippen molar-refractivity contribution in [3.63, 3.8) is 0 Å². The minimum atomic E-state index is -0.0515. The number of aromatic nitrogens is 2. The van der Waals surface area contributed by atoms with E-state index in [4.69, 9.17) is 13.9 Å². The second-order valence-corrected chi connectivity index (χ2v) is 7.82. The number of hydrogen-bond donors (Lipinski definition) is 0. The quantitative estimate of drug-likeness (QED) is 0.227. The molecule has 0 fully saturated rings. The van der Waals surface area contributed by atoms with Gasteiger partial charge in [0.2, 0.25) is 5.75 Å². The number of ketones is 1. The molecule has 2 aromatic heterocycles. The number of aryl methyl sites for hydroxylation is 3. The largest absolute Gasteiger partial charge is 0.489 e. The standard InChI is InChI=1S/C26H28N2O4/c1-19-22-11-17-32-24(22)26(31-15-6-10-21-8-4-3-5-9-21)25(23(19)20(2)29)30-16-7-13-28-14-12-27-18-28/h3-5,8-9,11-12,14,17-18H,6-7,10,13,15-16H2,1-2H3. The maximum atomic E-state index is 12.6. The van der Waals surface area contributed by atoms with Gasteiger partial charge >= 0.3 is 0 Å². The molecule has 0 unspecified atom stereocenters. The maximum Gasteiger partial charge on any atom is 0.205 e. The van der Waals surface area contributed by atoms with Gasteiger partial charge in [-0.2, -0.15) is 0 Å². The summed E-state index contributed by atoms with van der Waals surface area (Å²) in [5.41, 5.74) is 3.29. The summed E-state index contributed by atoms with van der Waals surface area (Å²) in [6, 6.07) is 12.2. The van der Waals surface area contributed by atoms with Crippen LogP contribution in [0.5, 0.6) is 11.5 Å². The van der Waals surface area contributed by atoms with E-state index in [1.54, 1.807) is 25.7 Å². The third-order valence-corrected chi connectivity index (χ3v) is 5.50. The summed E-state index contributed by atoms with van der Waals surface area (Å²) in [6.45, 7) is 5.21. The van der Waals surface area contributed by atoms with Gasteiger partial charge in [-0.25, -0.2) is 4.98 Å². The first-order valence-electron chi connectivity index (χ1n) is 10.9. The van der Waals surface area contributed by atoms with Gasteiger partial charge in [0.15, 0.2) is 17.1 Å². The topological polar surface area (TPSA) is 66.5 Å². The predicted octanol–water partition coefficient (Wildman–Crippen LogP) is 5.62. The van der Waals surface area contributed by atoms with Gasteiger partial charge in [0.05, 0.1) is 31.4 Å². The predicted molar refractivity (Wildman–Crippen MR) is 124 cm³/mol. The molecule has 6 heteroatoms. The van der Waals surface area contributed by atoms with E-state index in [0.717, 1.165) is 36.8 Å². The highest BCUT2D eigenvalue weighted by atomic mass is 16.5. The molecule has 0 bridgehead atoms. The van der Waals surface area contributed by atoms with E-state index >= 15 is 0 Å². The van der Waals surface area contributed by atoms with Crippen molar-refractivity contribution >= 4 is 16.8 Å². The van der Waals surface area contributed by atoms with Gasteiger partial charge in [0.25, 0.3) is 0 Å². The fourth-order valence-electron chi connectivity index (χ4n) is 3.93. The van der Waals surface area contributed by atoms with Crippen molar-refractivity contribution in [2.45, 2.75) is 39.7 Å². The lowest BCUT2D eigenvalue weighted by atomic mass is 9.99. The molecule has 4 aromatic rings. The molecule has 0 radical (unpaired) electrons. The fourth-order valence-corrected chi connectivity index (χ4v) is 3.93. The molecule has 4 rings (SSSR count). The summed E-state index contributed by atoms with van der Waals surface area (Å²) in [5, 5.41) is 0.874. The van der Waals surface area contributed by atoms with Crippen molar-refractivity contribution in [1.82, 2.24) is 9.55 Å². The Morgan fingerprint density at radius 3 is 2.59 bits per heavy atom. The highest BCUT2D eigenvalue weighted by Crippen LogP contribution is 2.43. The van der Waals surface area contributed by atoms with Gasteiger partial charge in [0, 0.05) is 24.3 Å². The summed E-state index contributed by atoms with van der Waals surface area (Å²) in [4.78, 5) is 16.6. The van der Waals surface area contributed by atoms with Gasteiger partial charge < -0.3 is 18.5 Å². The maximum absolute atomic E-state index is 12.6. The third-order valence-electron chi connectivity index (χ3n) is 5.50. The molecule has 32 heavy (non-hydrogen) atoms. The summed E-state index contributed by atoms with van der Waals surface area (Å²) in [5.74, 6) is 0.934. The SMILES string of the molecule is CC(=O)c1c(OCCCn2ccnc2)c(OCCCc2ccccc2)c2occc2c1C. The van der Waals surface area contributed by atoms with Crippen LogP contribution < -0.4 is 9.47 Å². The van der Waals surface area contributed by atoms with E-state index in [2.05, 4.69) is 17.1 Å². The monoisotopic (exact) mass is 432 g/mol. The molecule has 0 aliphatic carbocycles. The Balaban J connectivity index is 1.53. The highest BCUT2D eigenvalue weighted by molar-refractivity contribution is 6.05. The van der Waals surface area contributed by atoms with E-state index in [0.29, 0.717) is 35.9 Å². The van der Waals surface area contributed by atoms with E-state index in [1.807, 2.05) is 42.0 Å². The van der Waals surface area contributed by atoms with E-state index in [-0.39, 0.29) is 5.78 Å². The second kappa shape index (κ2) is 10.2. The van der Waals surface area contributed by atoms with Crippen molar-refractivity contribution in [3.05, 3.63) is 78.1 Å². The number of nitrogens with zero attached hydrogens (tertiary/aromatic N) is 2. The number of carbonyl (C=O) groups is 1. The van der Waals surface area contributed by atoms with Crippen LogP contribution in [-0.4, -0.2) is 28.5 Å². The molecule has 0 amide bonds. The van der Waals surface area contributed by atoms with Crippen molar-refractivity contribution in [3.8, 4) is 11.5 Å². The van der Waals surface area contributed by atoms with Crippen LogP contribution in [0.15, 0.2) is 65.8 Å². The van der Waals surface area contributed by atoms with Crippen molar-refractivity contribution in [2.24, 2.45) is 0 Å². The van der Waals surface area contributed by atoms with Crippen LogP contribution in [0.4, 0.5) is 0 Å². The smallest absolute Gasteiger partial charge is 0.205 e. The van der Waals surface area contributed by atoms with Gasteiger partial charge in [0.1, 0.15) is 0 Å². The molecule has 0 saturated heterocycles. The van der Waals surface area contributed by atoms with Crippen LogP contribution in [0.2, 0.25) is 0 Å². The Bertz CT molecular complexity index is 1160. The lowest BCUT2D eigenvalue weighted by Gasteiger charge is -2.18. The molecular formula is C26H28N2O4. The Morgan fingerprint density at radius 2 is 1.84 bits per heavy atom. The number of rotatable bonds is 11. The second-order valence-electron chi connectivity index (χ2n) is 7.82.